The first-order valence-corrected chi connectivity index (χ1v) is 9.58. The van der Waals surface area contributed by atoms with E-state index < -0.39 is 0 Å². The SMILES string of the molecule is Cn1ccc(C2CCN(C(=O)CCc3nc4ccc(F)cc4[nH]3)CC2)cc1=O. The Bertz CT molecular complexity index is 1060. The fourth-order valence-corrected chi connectivity index (χ4v) is 3.82. The van der Waals surface area contributed by atoms with Crippen LogP contribution in [0, 0.1) is 5.82 Å². The second-order valence-corrected chi connectivity index (χ2v) is 7.41. The van der Waals surface area contributed by atoms with Gasteiger partial charge in [0.05, 0.1) is 11.0 Å². The van der Waals surface area contributed by atoms with Gasteiger partial charge in [-0.15, -0.1) is 0 Å². The molecule has 1 aromatic carbocycles. The molecule has 7 heteroatoms. The number of carbonyl (C=O) groups excluding carboxylic acids is 1. The van der Waals surface area contributed by atoms with Gasteiger partial charge in [0.25, 0.3) is 5.56 Å². The van der Waals surface area contributed by atoms with Gasteiger partial charge >= 0.3 is 0 Å². The molecule has 0 spiro atoms. The molecule has 0 unspecified atom stereocenters. The van der Waals surface area contributed by atoms with Crippen LogP contribution in [0.3, 0.4) is 0 Å². The van der Waals surface area contributed by atoms with Crippen LogP contribution >= 0.6 is 0 Å². The summed E-state index contributed by atoms with van der Waals surface area (Å²) in [6.07, 6.45) is 4.41. The van der Waals surface area contributed by atoms with Crippen molar-refractivity contribution >= 4 is 16.9 Å². The first-order chi connectivity index (χ1) is 13.5. The van der Waals surface area contributed by atoms with Gasteiger partial charge in [-0.05, 0) is 48.6 Å². The van der Waals surface area contributed by atoms with Gasteiger partial charge in [-0.1, -0.05) is 0 Å². The van der Waals surface area contributed by atoms with E-state index in [9.17, 15) is 14.0 Å². The molecule has 4 rings (SSSR count). The van der Waals surface area contributed by atoms with Crippen molar-refractivity contribution in [3.05, 3.63) is 64.1 Å². The summed E-state index contributed by atoms with van der Waals surface area (Å²) in [6.45, 7) is 1.40. The van der Waals surface area contributed by atoms with Crippen LogP contribution in [0.1, 0.15) is 36.6 Å². The van der Waals surface area contributed by atoms with Crippen molar-refractivity contribution in [3.63, 3.8) is 0 Å². The van der Waals surface area contributed by atoms with Crippen LogP contribution in [0.5, 0.6) is 0 Å². The fraction of sp³-hybridized carbons (Fsp3) is 0.381. The van der Waals surface area contributed by atoms with E-state index in [0.29, 0.717) is 48.7 Å². The Morgan fingerprint density at radius 2 is 2.04 bits per heavy atom. The molecule has 2 aromatic heterocycles. The average molecular weight is 382 g/mol. The zero-order valence-electron chi connectivity index (χ0n) is 15.8. The second-order valence-electron chi connectivity index (χ2n) is 7.41. The summed E-state index contributed by atoms with van der Waals surface area (Å²) in [7, 11) is 1.74. The Labute approximate surface area is 162 Å². The van der Waals surface area contributed by atoms with E-state index in [4.69, 9.17) is 0 Å². The lowest BCUT2D eigenvalue weighted by Gasteiger charge is -2.32. The third kappa shape index (κ3) is 3.83. The zero-order chi connectivity index (χ0) is 19.7. The van der Waals surface area contributed by atoms with E-state index in [2.05, 4.69) is 9.97 Å². The van der Waals surface area contributed by atoms with Crippen molar-refractivity contribution in [3.8, 4) is 0 Å². The first kappa shape index (κ1) is 18.4. The van der Waals surface area contributed by atoms with E-state index in [-0.39, 0.29) is 17.3 Å². The topological polar surface area (TPSA) is 71.0 Å². The highest BCUT2D eigenvalue weighted by Gasteiger charge is 2.24. The van der Waals surface area contributed by atoms with Gasteiger partial charge in [0.2, 0.25) is 5.91 Å². The molecule has 1 aliphatic rings. The lowest BCUT2D eigenvalue weighted by atomic mass is 9.90. The molecule has 1 saturated heterocycles. The molecule has 6 nitrogen and oxygen atoms in total. The van der Waals surface area contributed by atoms with Crippen LogP contribution in [0.2, 0.25) is 0 Å². The largest absolute Gasteiger partial charge is 0.343 e. The highest BCUT2D eigenvalue weighted by Crippen LogP contribution is 2.27. The third-order valence-electron chi connectivity index (χ3n) is 5.52. The third-order valence-corrected chi connectivity index (χ3v) is 5.52. The summed E-state index contributed by atoms with van der Waals surface area (Å²) in [6, 6.07) is 8.12. The lowest BCUT2D eigenvalue weighted by Crippen LogP contribution is -2.38. The maximum Gasteiger partial charge on any atom is 0.250 e. The van der Waals surface area contributed by atoms with E-state index in [1.807, 2.05) is 11.0 Å². The van der Waals surface area contributed by atoms with Gasteiger partial charge in [-0.3, -0.25) is 9.59 Å². The Kier molecular flexibility index (Phi) is 4.98. The first-order valence-electron chi connectivity index (χ1n) is 9.58. The number of nitrogens with zero attached hydrogens (tertiary/aromatic N) is 3. The molecule has 0 bridgehead atoms. The van der Waals surface area contributed by atoms with Gasteiger partial charge in [0, 0.05) is 45.2 Å². The summed E-state index contributed by atoms with van der Waals surface area (Å²) < 4.78 is 14.8. The lowest BCUT2D eigenvalue weighted by molar-refractivity contribution is -0.132. The quantitative estimate of drug-likeness (QED) is 0.754. The molecule has 0 saturated carbocycles. The number of rotatable bonds is 4. The number of aryl methyl sites for hydroxylation is 2. The molecule has 1 amide bonds. The number of carbonyl (C=O) groups is 1. The van der Waals surface area contributed by atoms with Crippen LogP contribution in [0.4, 0.5) is 4.39 Å². The number of likely N-dealkylation sites (tertiary alicyclic amines) is 1. The van der Waals surface area contributed by atoms with Crippen LogP contribution in [0.25, 0.3) is 11.0 Å². The normalized spacial score (nSPS) is 15.3. The summed E-state index contributed by atoms with van der Waals surface area (Å²) in [5.41, 5.74) is 2.42. The number of benzene rings is 1. The van der Waals surface area contributed by atoms with Gasteiger partial charge in [-0.2, -0.15) is 0 Å². The molecule has 1 aliphatic heterocycles. The monoisotopic (exact) mass is 382 g/mol. The van der Waals surface area contributed by atoms with E-state index in [0.717, 1.165) is 18.4 Å². The number of hydrogen-bond acceptors (Lipinski definition) is 3. The van der Waals surface area contributed by atoms with Crippen molar-refractivity contribution in [1.82, 2.24) is 19.4 Å². The number of imidazole rings is 1. The number of nitrogens with one attached hydrogen (secondary N) is 1. The zero-order valence-corrected chi connectivity index (χ0v) is 15.8. The summed E-state index contributed by atoms with van der Waals surface area (Å²) in [4.78, 5) is 33.8. The summed E-state index contributed by atoms with van der Waals surface area (Å²) in [5.74, 6) is 0.819. The van der Waals surface area contributed by atoms with Crippen molar-refractivity contribution in [2.45, 2.75) is 31.6 Å². The molecule has 146 valence electrons. The number of aromatic amines is 1. The second kappa shape index (κ2) is 7.58. The van der Waals surface area contributed by atoms with Crippen LogP contribution in [-0.4, -0.2) is 38.4 Å². The molecule has 3 aromatic rings. The van der Waals surface area contributed by atoms with Crippen LogP contribution < -0.4 is 5.56 Å². The standard InChI is InChI=1S/C21H23FN4O2/c1-25-9-6-15(12-21(25)28)14-7-10-26(11-8-14)20(27)5-4-19-23-17-3-2-16(22)13-18(17)24-19/h2-3,6,9,12-14H,4-5,7-8,10-11H2,1H3,(H,23,24). The predicted molar refractivity (Wildman–Crippen MR) is 105 cm³/mol. The number of piperidine rings is 1. The minimum absolute atomic E-state index is 0.00159. The minimum atomic E-state index is -0.307. The van der Waals surface area contributed by atoms with Crippen LogP contribution in [-0.2, 0) is 18.3 Å². The number of hydrogen-bond donors (Lipinski definition) is 1. The van der Waals surface area contributed by atoms with Gasteiger partial charge in [0.15, 0.2) is 0 Å². The molecular weight excluding hydrogens is 359 g/mol. The van der Waals surface area contributed by atoms with Crippen molar-refractivity contribution < 1.29 is 9.18 Å². The highest BCUT2D eigenvalue weighted by atomic mass is 19.1. The van der Waals surface area contributed by atoms with E-state index in [1.54, 1.807) is 29.9 Å². The van der Waals surface area contributed by atoms with Crippen molar-refractivity contribution in [1.29, 1.82) is 0 Å². The molecule has 0 radical (unpaired) electrons. The summed E-state index contributed by atoms with van der Waals surface area (Å²) >= 11 is 0. The maximum absolute atomic E-state index is 13.3. The molecule has 0 atom stereocenters. The maximum atomic E-state index is 13.3. The highest BCUT2D eigenvalue weighted by molar-refractivity contribution is 5.77. The number of amides is 1. The van der Waals surface area contributed by atoms with Gasteiger partial charge < -0.3 is 14.5 Å². The van der Waals surface area contributed by atoms with Crippen molar-refractivity contribution in [2.24, 2.45) is 7.05 Å². The molecule has 28 heavy (non-hydrogen) atoms. The number of H-pyrrole nitrogens is 1. The Balaban J connectivity index is 1.32. The van der Waals surface area contributed by atoms with Crippen LogP contribution in [0.15, 0.2) is 41.3 Å². The Morgan fingerprint density at radius 3 is 2.79 bits per heavy atom. The smallest absolute Gasteiger partial charge is 0.250 e. The number of pyridine rings is 1. The van der Waals surface area contributed by atoms with E-state index >= 15 is 0 Å². The molecule has 1 N–H and O–H groups in total. The Morgan fingerprint density at radius 1 is 1.25 bits per heavy atom. The predicted octanol–water partition coefficient (Wildman–Crippen LogP) is 2.74. The summed E-state index contributed by atoms with van der Waals surface area (Å²) in [5, 5.41) is 0. The minimum Gasteiger partial charge on any atom is -0.343 e. The molecule has 1 fully saturated rings. The fourth-order valence-electron chi connectivity index (χ4n) is 3.82. The van der Waals surface area contributed by atoms with E-state index in [1.165, 1.54) is 12.1 Å². The van der Waals surface area contributed by atoms with Gasteiger partial charge in [-0.25, -0.2) is 9.37 Å². The molecule has 0 aliphatic carbocycles. The van der Waals surface area contributed by atoms with Gasteiger partial charge in [0.1, 0.15) is 11.6 Å². The molecular formula is C21H23FN4O2. The number of fused-ring (bicyclic) bond motifs is 1. The van der Waals surface area contributed by atoms with Crippen molar-refractivity contribution in [2.75, 3.05) is 13.1 Å². The molecule has 3 heterocycles. The number of aromatic nitrogens is 3. The average Bonchev–Trinajstić information content (AvgIpc) is 3.10. The Hall–Kier alpha value is -2.96. The number of halogens is 1.